The predicted molar refractivity (Wildman–Crippen MR) is 111 cm³/mol. The van der Waals surface area contributed by atoms with Crippen molar-refractivity contribution in [2.45, 2.75) is 69.9 Å². The van der Waals surface area contributed by atoms with E-state index in [1.54, 1.807) is 24.3 Å². The number of nitrogens with zero attached hydrogens (tertiary/aromatic N) is 1. The van der Waals surface area contributed by atoms with Crippen LogP contribution in [0.15, 0.2) is 24.3 Å². The standard InChI is InChI=1S/C22H25ClF3NO6/c1-3-19(32-18(30)12-11-17(29)22(24,25)26)33-20(31)27(2)21(13-7-6-10-16(21)28)14-8-4-5-9-15(14)23/h4-5,8-9,19H,3,6-7,10-13H2,1-2H3/t19?,21-/m0/s1. The zero-order chi connectivity index (χ0) is 24.8. The maximum atomic E-state index is 13.1. The lowest BCUT2D eigenvalue weighted by Crippen LogP contribution is -2.55. The number of esters is 1. The summed E-state index contributed by atoms with van der Waals surface area (Å²) < 4.78 is 47.0. The Hall–Kier alpha value is -2.62. The highest BCUT2D eigenvalue weighted by Crippen LogP contribution is 2.42. The number of ether oxygens (including phenoxy) is 2. The highest BCUT2D eigenvalue weighted by Gasteiger charge is 2.49. The summed E-state index contributed by atoms with van der Waals surface area (Å²) in [4.78, 5) is 49.9. The Morgan fingerprint density at radius 1 is 1.15 bits per heavy atom. The van der Waals surface area contributed by atoms with E-state index in [9.17, 15) is 32.3 Å². The van der Waals surface area contributed by atoms with Gasteiger partial charge in [0.2, 0.25) is 12.1 Å². The SMILES string of the molecule is CCC(OC(=O)CCC(=O)C(F)(F)F)OC(=O)N(C)[C@]1(c2ccccc2Cl)CCCCC1=O. The van der Waals surface area contributed by atoms with Crippen molar-refractivity contribution in [1.29, 1.82) is 0 Å². The molecule has 2 atom stereocenters. The number of halogens is 4. The van der Waals surface area contributed by atoms with Crippen molar-refractivity contribution in [2.24, 2.45) is 0 Å². The number of rotatable bonds is 8. The number of hydrogen-bond donors (Lipinski definition) is 0. The number of carbonyl (C=O) groups is 4. The number of likely N-dealkylation sites (N-methyl/N-ethyl adjacent to an activating group) is 1. The molecule has 0 aromatic heterocycles. The van der Waals surface area contributed by atoms with Gasteiger partial charge < -0.3 is 9.47 Å². The first-order valence-corrected chi connectivity index (χ1v) is 10.8. The molecule has 7 nitrogen and oxygen atoms in total. The molecule has 1 aromatic carbocycles. The zero-order valence-corrected chi connectivity index (χ0v) is 19.0. The second-order valence-electron chi connectivity index (χ2n) is 7.66. The van der Waals surface area contributed by atoms with Crippen LogP contribution in [0.25, 0.3) is 0 Å². The molecule has 1 fully saturated rings. The number of hydrogen-bond acceptors (Lipinski definition) is 6. The summed E-state index contributed by atoms with van der Waals surface area (Å²) in [6.07, 6.45) is -7.41. The molecule has 1 saturated carbocycles. The topological polar surface area (TPSA) is 90.0 Å². The highest BCUT2D eigenvalue weighted by molar-refractivity contribution is 6.31. The first kappa shape index (κ1) is 26.6. The van der Waals surface area contributed by atoms with Crippen molar-refractivity contribution in [3.8, 4) is 0 Å². The first-order chi connectivity index (χ1) is 15.4. The average Bonchev–Trinajstić information content (AvgIpc) is 2.76. The summed E-state index contributed by atoms with van der Waals surface area (Å²) >= 11 is 6.35. The molecule has 1 aliphatic carbocycles. The fourth-order valence-corrected chi connectivity index (χ4v) is 4.02. The number of alkyl halides is 3. The van der Waals surface area contributed by atoms with Gasteiger partial charge in [-0.3, -0.25) is 19.3 Å². The number of amides is 1. The van der Waals surface area contributed by atoms with Gasteiger partial charge >= 0.3 is 18.2 Å². The molecule has 11 heteroatoms. The third-order valence-electron chi connectivity index (χ3n) is 5.52. The maximum absolute atomic E-state index is 13.1. The van der Waals surface area contributed by atoms with E-state index in [0.29, 0.717) is 29.8 Å². The second kappa shape index (κ2) is 11.0. The minimum Gasteiger partial charge on any atom is -0.425 e. The summed E-state index contributed by atoms with van der Waals surface area (Å²) in [6.45, 7) is 1.53. The van der Waals surface area contributed by atoms with E-state index >= 15 is 0 Å². The van der Waals surface area contributed by atoms with E-state index in [2.05, 4.69) is 0 Å². The van der Waals surface area contributed by atoms with Crippen LogP contribution < -0.4 is 0 Å². The molecule has 0 bridgehead atoms. The van der Waals surface area contributed by atoms with Gasteiger partial charge in [-0.2, -0.15) is 13.2 Å². The Bertz CT molecular complexity index is 906. The van der Waals surface area contributed by atoms with E-state index in [-0.39, 0.29) is 18.6 Å². The van der Waals surface area contributed by atoms with Gasteiger partial charge in [-0.05, 0) is 25.3 Å². The van der Waals surface area contributed by atoms with Gasteiger partial charge in [0.1, 0.15) is 5.54 Å². The van der Waals surface area contributed by atoms with Gasteiger partial charge in [-0.1, -0.05) is 36.7 Å². The Labute approximate surface area is 194 Å². The fourth-order valence-electron chi connectivity index (χ4n) is 3.73. The van der Waals surface area contributed by atoms with E-state index in [1.807, 2.05) is 0 Å². The molecule has 1 aromatic rings. The Balaban J connectivity index is 2.14. The summed E-state index contributed by atoms with van der Waals surface area (Å²) in [5, 5.41) is 0.306. The number of Topliss-reactive ketones (excluding diaryl/α,β-unsaturated/α-hetero) is 2. The van der Waals surface area contributed by atoms with E-state index in [1.165, 1.54) is 14.0 Å². The summed E-state index contributed by atoms with van der Waals surface area (Å²) in [7, 11) is 1.38. The van der Waals surface area contributed by atoms with E-state index in [0.717, 1.165) is 4.90 Å². The Kier molecular flexibility index (Phi) is 8.88. The molecule has 0 heterocycles. The molecule has 182 valence electrons. The van der Waals surface area contributed by atoms with Gasteiger partial charge in [0.05, 0.1) is 6.42 Å². The lowest BCUT2D eigenvalue weighted by molar-refractivity contribution is -0.177. The molecule has 2 rings (SSSR count). The minimum atomic E-state index is -5.04. The van der Waals surface area contributed by atoms with Crippen LogP contribution in [0.4, 0.5) is 18.0 Å². The average molecular weight is 492 g/mol. The van der Waals surface area contributed by atoms with Gasteiger partial charge in [-0.25, -0.2) is 4.79 Å². The molecular formula is C22H25ClF3NO6. The van der Waals surface area contributed by atoms with Gasteiger partial charge in [0.25, 0.3) is 0 Å². The largest absolute Gasteiger partial charge is 0.449 e. The molecule has 1 aliphatic rings. The van der Waals surface area contributed by atoms with Gasteiger partial charge in [-0.15, -0.1) is 0 Å². The molecule has 0 radical (unpaired) electrons. The van der Waals surface area contributed by atoms with Crippen molar-refractivity contribution >= 4 is 35.2 Å². The van der Waals surface area contributed by atoms with Crippen molar-refractivity contribution < 1.29 is 41.8 Å². The van der Waals surface area contributed by atoms with Crippen LogP contribution >= 0.6 is 11.6 Å². The zero-order valence-electron chi connectivity index (χ0n) is 18.2. The van der Waals surface area contributed by atoms with Gasteiger partial charge in [0.15, 0.2) is 5.78 Å². The molecular weight excluding hydrogens is 467 g/mol. The molecule has 1 unspecified atom stereocenters. The summed E-state index contributed by atoms with van der Waals surface area (Å²) in [5.41, 5.74) is -0.915. The van der Waals surface area contributed by atoms with Crippen LogP contribution in [0.2, 0.25) is 5.02 Å². The summed E-state index contributed by atoms with van der Waals surface area (Å²) in [6, 6.07) is 6.66. The van der Waals surface area contributed by atoms with E-state index in [4.69, 9.17) is 21.1 Å². The monoisotopic (exact) mass is 491 g/mol. The molecule has 0 saturated heterocycles. The van der Waals surface area contributed by atoms with Crippen LogP contribution in [0.3, 0.4) is 0 Å². The first-order valence-electron chi connectivity index (χ1n) is 10.5. The predicted octanol–water partition coefficient (Wildman–Crippen LogP) is 4.94. The molecule has 0 spiro atoms. The van der Waals surface area contributed by atoms with E-state index < -0.39 is 48.7 Å². The quantitative estimate of drug-likeness (QED) is 0.378. The normalized spacial score (nSPS) is 19.5. The third kappa shape index (κ3) is 6.25. The molecule has 0 N–H and O–H groups in total. The molecule has 0 aliphatic heterocycles. The minimum absolute atomic E-state index is 0.00553. The third-order valence-corrected chi connectivity index (χ3v) is 5.85. The molecule has 1 amide bonds. The fraction of sp³-hybridized carbons (Fsp3) is 0.545. The van der Waals surface area contributed by atoms with Crippen molar-refractivity contribution in [3.63, 3.8) is 0 Å². The molecule has 33 heavy (non-hydrogen) atoms. The maximum Gasteiger partial charge on any atom is 0.449 e. The van der Waals surface area contributed by atoms with Crippen LogP contribution in [0.1, 0.15) is 57.4 Å². The van der Waals surface area contributed by atoms with Crippen molar-refractivity contribution in [1.82, 2.24) is 4.90 Å². The Morgan fingerprint density at radius 2 is 1.82 bits per heavy atom. The van der Waals surface area contributed by atoms with Crippen molar-refractivity contribution in [3.05, 3.63) is 34.9 Å². The number of benzene rings is 1. The number of ketones is 2. The highest BCUT2D eigenvalue weighted by atomic mass is 35.5. The van der Waals surface area contributed by atoms with Crippen molar-refractivity contribution in [2.75, 3.05) is 7.05 Å². The van der Waals surface area contributed by atoms with Crippen LogP contribution in [-0.4, -0.2) is 48.0 Å². The smallest absolute Gasteiger partial charge is 0.425 e. The lowest BCUT2D eigenvalue weighted by Gasteiger charge is -2.43. The number of carbonyl (C=O) groups excluding carboxylic acids is 4. The summed E-state index contributed by atoms with van der Waals surface area (Å²) in [5.74, 6) is -3.39. The van der Waals surface area contributed by atoms with Crippen LogP contribution in [0.5, 0.6) is 0 Å². The van der Waals surface area contributed by atoms with Crippen LogP contribution in [0, 0.1) is 0 Å². The Morgan fingerprint density at radius 3 is 2.39 bits per heavy atom. The second-order valence-corrected chi connectivity index (χ2v) is 8.07. The van der Waals surface area contributed by atoms with Gasteiger partial charge in [0, 0.05) is 36.9 Å². The van der Waals surface area contributed by atoms with Crippen LogP contribution in [-0.2, 0) is 29.4 Å². The lowest BCUT2D eigenvalue weighted by atomic mass is 9.74.